The predicted octanol–water partition coefficient (Wildman–Crippen LogP) is 4.86. The van der Waals surface area contributed by atoms with Crippen molar-refractivity contribution in [2.24, 2.45) is 0 Å². The van der Waals surface area contributed by atoms with Crippen LogP contribution in [0.5, 0.6) is 11.5 Å². The van der Waals surface area contributed by atoms with Crippen molar-refractivity contribution in [2.45, 2.75) is 23.7 Å². The zero-order chi connectivity index (χ0) is 19.1. The summed E-state index contributed by atoms with van der Waals surface area (Å²) in [5.74, 6) is 1.73. The van der Waals surface area contributed by atoms with Gasteiger partial charge in [0, 0.05) is 28.0 Å². The molecule has 0 saturated heterocycles. The highest BCUT2D eigenvalue weighted by Gasteiger charge is 2.27. The van der Waals surface area contributed by atoms with Gasteiger partial charge in [0.1, 0.15) is 13.2 Å². The van der Waals surface area contributed by atoms with Crippen molar-refractivity contribution in [3.63, 3.8) is 0 Å². The Morgan fingerprint density at radius 2 is 1.86 bits per heavy atom. The highest BCUT2D eigenvalue weighted by atomic mass is 32.2. The van der Waals surface area contributed by atoms with E-state index < -0.39 is 0 Å². The molecule has 1 aromatic heterocycles. The van der Waals surface area contributed by atoms with Gasteiger partial charge in [-0.15, -0.1) is 11.8 Å². The molecule has 0 bridgehead atoms. The molecule has 5 nitrogen and oxygen atoms in total. The Balaban J connectivity index is 1.54. The molecule has 1 amide bonds. The van der Waals surface area contributed by atoms with Crippen LogP contribution in [0.3, 0.4) is 0 Å². The van der Waals surface area contributed by atoms with Gasteiger partial charge >= 0.3 is 0 Å². The van der Waals surface area contributed by atoms with Crippen molar-refractivity contribution in [1.82, 2.24) is 4.98 Å². The van der Waals surface area contributed by atoms with Crippen LogP contribution in [0.2, 0.25) is 0 Å². The number of carbonyl (C=O) groups excluding carboxylic acids is 1. The lowest BCUT2D eigenvalue weighted by Crippen LogP contribution is -2.17. The van der Waals surface area contributed by atoms with Crippen molar-refractivity contribution >= 4 is 34.3 Å². The van der Waals surface area contributed by atoms with Crippen LogP contribution < -0.4 is 14.8 Å². The van der Waals surface area contributed by atoms with E-state index in [2.05, 4.69) is 5.32 Å². The number of carbonyl (C=O) groups is 1. The molecular weight excluding hydrogens is 372 g/mol. The molecule has 5 rings (SSSR count). The Kier molecular flexibility index (Phi) is 4.36. The number of hydrogen-bond acceptors (Lipinski definition) is 5. The van der Waals surface area contributed by atoms with E-state index in [1.54, 1.807) is 11.8 Å². The molecule has 0 radical (unpaired) electrons. The number of amides is 1. The molecule has 0 unspecified atom stereocenters. The number of nitrogens with zero attached hydrogens (tertiary/aromatic N) is 1. The number of rotatable bonds is 4. The molecule has 1 aliphatic heterocycles. The number of thioether (sulfide) groups is 1. The summed E-state index contributed by atoms with van der Waals surface area (Å²) in [6.45, 7) is 1.05. The minimum absolute atomic E-state index is 0.132. The highest BCUT2D eigenvalue weighted by Crippen LogP contribution is 2.41. The van der Waals surface area contributed by atoms with Crippen LogP contribution in [0.1, 0.15) is 34.8 Å². The van der Waals surface area contributed by atoms with Crippen LogP contribution >= 0.6 is 11.8 Å². The number of ether oxygens (including phenoxy) is 2. The topological polar surface area (TPSA) is 60.5 Å². The first-order chi connectivity index (χ1) is 13.7. The molecule has 6 heteroatoms. The predicted molar refractivity (Wildman–Crippen MR) is 111 cm³/mol. The van der Waals surface area contributed by atoms with Crippen molar-refractivity contribution in [1.29, 1.82) is 0 Å². The van der Waals surface area contributed by atoms with Crippen LogP contribution in [0.15, 0.2) is 47.4 Å². The van der Waals surface area contributed by atoms with Gasteiger partial charge in [-0.2, -0.15) is 0 Å². The number of pyridine rings is 1. The molecule has 1 aliphatic carbocycles. The highest BCUT2D eigenvalue weighted by molar-refractivity contribution is 7.98. The molecule has 3 aromatic rings. The second-order valence-electron chi connectivity index (χ2n) is 7.04. The minimum Gasteiger partial charge on any atom is -0.486 e. The lowest BCUT2D eigenvalue weighted by atomic mass is 10.1. The Bertz CT molecular complexity index is 1080. The minimum atomic E-state index is -0.132. The van der Waals surface area contributed by atoms with Gasteiger partial charge < -0.3 is 14.8 Å². The Morgan fingerprint density at radius 3 is 2.61 bits per heavy atom. The molecule has 1 saturated carbocycles. The summed E-state index contributed by atoms with van der Waals surface area (Å²) < 4.78 is 11.3. The van der Waals surface area contributed by atoms with E-state index in [0.29, 0.717) is 30.4 Å². The average molecular weight is 392 g/mol. The smallest absolute Gasteiger partial charge is 0.256 e. The quantitative estimate of drug-likeness (QED) is 0.643. The fraction of sp³-hybridized carbons (Fsp3) is 0.273. The summed E-state index contributed by atoms with van der Waals surface area (Å²) in [5, 5.41) is 3.95. The second kappa shape index (κ2) is 7.02. The van der Waals surface area contributed by atoms with Gasteiger partial charge in [0.15, 0.2) is 11.5 Å². The number of fused-ring (bicyclic) bond motifs is 2. The van der Waals surface area contributed by atoms with Crippen LogP contribution in [0.25, 0.3) is 10.9 Å². The molecule has 2 heterocycles. The van der Waals surface area contributed by atoms with Gasteiger partial charge in [-0.3, -0.25) is 9.78 Å². The van der Waals surface area contributed by atoms with Crippen LogP contribution in [0.4, 0.5) is 5.69 Å². The Labute approximate surface area is 167 Å². The summed E-state index contributed by atoms with van der Waals surface area (Å²) in [4.78, 5) is 18.9. The number of benzene rings is 2. The first kappa shape index (κ1) is 17.4. The first-order valence-electron chi connectivity index (χ1n) is 9.41. The molecule has 2 aliphatic rings. The third-order valence-electron chi connectivity index (χ3n) is 5.09. The van der Waals surface area contributed by atoms with Crippen LogP contribution in [-0.2, 0) is 0 Å². The lowest BCUT2D eigenvalue weighted by Gasteiger charge is -2.21. The fourth-order valence-electron chi connectivity index (χ4n) is 3.50. The summed E-state index contributed by atoms with van der Waals surface area (Å²) in [5.41, 5.74) is 3.27. The third-order valence-corrected chi connectivity index (χ3v) is 5.87. The van der Waals surface area contributed by atoms with Gasteiger partial charge in [-0.1, -0.05) is 18.2 Å². The first-order valence-corrected chi connectivity index (χ1v) is 10.6. The van der Waals surface area contributed by atoms with Gasteiger partial charge in [0.05, 0.1) is 16.8 Å². The van der Waals surface area contributed by atoms with E-state index in [1.807, 2.05) is 48.7 Å². The van der Waals surface area contributed by atoms with Crippen molar-refractivity contribution in [3.8, 4) is 11.5 Å². The lowest BCUT2D eigenvalue weighted by molar-refractivity contribution is 0.102. The van der Waals surface area contributed by atoms with E-state index in [-0.39, 0.29) is 5.91 Å². The normalized spacial score (nSPS) is 15.5. The number of anilines is 1. The summed E-state index contributed by atoms with van der Waals surface area (Å²) in [6.07, 6.45) is 4.27. The van der Waals surface area contributed by atoms with E-state index in [0.717, 1.165) is 45.8 Å². The third kappa shape index (κ3) is 3.18. The molecule has 0 atom stereocenters. The van der Waals surface area contributed by atoms with Crippen molar-refractivity contribution in [2.75, 3.05) is 24.8 Å². The molecule has 142 valence electrons. The van der Waals surface area contributed by atoms with Crippen molar-refractivity contribution < 1.29 is 14.3 Å². The molecule has 1 N–H and O–H groups in total. The van der Waals surface area contributed by atoms with Gasteiger partial charge in [-0.25, -0.2) is 0 Å². The number of aromatic nitrogens is 1. The Morgan fingerprint density at radius 1 is 1.11 bits per heavy atom. The zero-order valence-electron chi connectivity index (χ0n) is 15.5. The SMILES string of the molecule is CSc1cc2c(cc1NC(=O)c1cc(C3CC3)nc3ccccc13)OCCO2. The molecule has 2 aromatic carbocycles. The maximum Gasteiger partial charge on any atom is 0.256 e. The van der Waals surface area contributed by atoms with E-state index in [9.17, 15) is 4.79 Å². The maximum absolute atomic E-state index is 13.2. The number of hydrogen-bond donors (Lipinski definition) is 1. The molecular formula is C22H20N2O3S. The van der Waals surface area contributed by atoms with Crippen LogP contribution in [0, 0.1) is 0 Å². The van der Waals surface area contributed by atoms with E-state index >= 15 is 0 Å². The molecule has 1 fully saturated rings. The zero-order valence-corrected chi connectivity index (χ0v) is 16.3. The van der Waals surface area contributed by atoms with E-state index in [4.69, 9.17) is 14.5 Å². The van der Waals surface area contributed by atoms with E-state index in [1.165, 1.54) is 0 Å². The van der Waals surface area contributed by atoms with Gasteiger partial charge in [0.2, 0.25) is 0 Å². The van der Waals surface area contributed by atoms with Crippen molar-refractivity contribution in [3.05, 3.63) is 53.7 Å². The largest absolute Gasteiger partial charge is 0.486 e. The van der Waals surface area contributed by atoms with Gasteiger partial charge in [-0.05, 0) is 37.3 Å². The van der Waals surface area contributed by atoms with Gasteiger partial charge in [0.25, 0.3) is 5.91 Å². The maximum atomic E-state index is 13.2. The summed E-state index contributed by atoms with van der Waals surface area (Å²) >= 11 is 1.56. The molecule has 28 heavy (non-hydrogen) atoms. The number of nitrogens with one attached hydrogen (secondary N) is 1. The summed E-state index contributed by atoms with van der Waals surface area (Å²) in [7, 11) is 0. The monoisotopic (exact) mass is 392 g/mol. The Hall–Kier alpha value is -2.73. The molecule has 0 spiro atoms. The average Bonchev–Trinajstić information content (AvgIpc) is 3.58. The summed E-state index contributed by atoms with van der Waals surface area (Å²) in [6, 6.07) is 13.5. The van der Waals surface area contributed by atoms with Crippen LogP contribution in [-0.4, -0.2) is 30.4 Å². The second-order valence-corrected chi connectivity index (χ2v) is 7.88. The fourth-order valence-corrected chi connectivity index (χ4v) is 4.05. The standard InChI is InChI=1S/C22H20N2O3S/c1-28-21-12-20-19(26-8-9-27-20)11-18(21)24-22(25)15-10-17(13-6-7-13)23-16-5-3-2-4-14(15)16/h2-5,10-13H,6-9H2,1H3,(H,24,25). The number of para-hydroxylation sites is 1.